The van der Waals surface area contributed by atoms with Gasteiger partial charge in [-0.25, -0.2) is 4.79 Å². The molecule has 0 saturated carbocycles. The number of nitrogens with zero attached hydrogens (tertiary/aromatic N) is 1. The van der Waals surface area contributed by atoms with Gasteiger partial charge in [-0.2, -0.15) is 0 Å². The lowest BCUT2D eigenvalue weighted by Crippen LogP contribution is -2.51. The van der Waals surface area contributed by atoms with Crippen molar-refractivity contribution in [2.45, 2.75) is 96.7 Å². The van der Waals surface area contributed by atoms with Crippen LogP contribution in [0.3, 0.4) is 0 Å². The monoisotopic (exact) mass is 385 g/mol. The molecule has 0 unspecified atom stereocenters. The summed E-state index contributed by atoms with van der Waals surface area (Å²) in [7, 11) is -1.90. The van der Waals surface area contributed by atoms with E-state index in [1.54, 1.807) is 4.90 Å². The third-order valence-corrected chi connectivity index (χ3v) is 11.9. The summed E-state index contributed by atoms with van der Waals surface area (Å²) < 4.78 is 18.1. The summed E-state index contributed by atoms with van der Waals surface area (Å²) in [6.45, 7) is 21.5. The lowest BCUT2D eigenvalue weighted by atomic mass is 9.99. The third-order valence-electron chi connectivity index (χ3n) is 5.85. The molecule has 26 heavy (non-hydrogen) atoms. The predicted octanol–water partition coefficient (Wildman–Crippen LogP) is 4.81. The molecule has 6 heteroatoms. The van der Waals surface area contributed by atoms with E-state index in [2.05, 4.69) is 41.5 Å². The van der Waals surface area contributed by atoms with Crippen LogP contribution in [-0.4, -0.2) is 56.8 Å². The van der Waals surface area contributed by atoms with Crippen LogP contribution in [0.15, 0.2) is 0 Å². The van der Waals surface area contributed by atoms with E-state index < -0.39 is 13.9 Å². The van der Waals surface area contributed by atoms with E-state index in [1.165, 1.54) is 0 Å². The minimum absolute atomic E-state index is 0.151. The maximum atomic E-state index is 12.5. The number of hydrogen-bond acceptors (Lipinski definition) is 4. The lowest BCUT2D eigenvalue weighted by Gasteiger charge is -2.43. The van der Waals surface area contributed by atoms with Gasteiger partial charge in [0.2, 0.25) is 0 Å². The highest BCUT2D eigenvalue weighted by Crippen LogP contribution is 2.44. The highest BCUT2D eigenvalue weighted by atomic mass is 28.4. The molecule has 2 aliphatic heterocycles. The molecule has 2 fully saturated rings. The minimum atomic E-state index is -1.90. The topological polar surface area (TPSA) is 51.3 Å². The highest BCUT2D eigenvalue weighted by molar-refractivity contribution is 6.77. The van der Waals surface area contributed by atoms with Crippen LogP contribution in [0.1, 0.15) is 62.3 Å². The molecule has 0 aromatic carbocycles. The molecule has 0 aromatic heterocycles. The molecule has 2 heterocycles. The molecule has 5 nitrogen and oxygen atoms in total. The van der Waals surface area contributed by atoms with Crippen LogP contribution >= 0.6 is 0 Å². The van der Waals surface area contributed by atoms with E-state index >= 15 is 0 Å². The maximum Gasteiger partial charge on any atom is 0.410 e. The zero-order chi connectivity index (χ0) is 19.9. The van der Waals surface area contributed by atoms with E-state index in [9.17, 15) is 4.79 Å². The van der Waals surface area contributed by atoms with Gasteiger partial charge in [0, 0.05) is 19.1 Å². The van der Waals surface area contributed by atoms with E-state index in [0.717, 1.165) is 0 Å². The number of carbonyl (C=O) groups excluding carboxylic acids is 1. The van der Waals surface area contributed by atoms with Gasteiger partial charge in [0.25, 0.3) is 0 Å². The van der Waals surface area contributed by atoms with Gasteiger partial charge in [-0.1, -0.05) is 41.5 Å². The summed E-state index contributed by atoms with van der Waals surface area (Å²) in [5, 5.41) is 0. The average molecular weight is 386 g/mol. The summed E-state index contributed by atoms with van der Waals surface area (Å²) in [5.41, 5.74) is 1.20. The Morgan fingerprint density at radius 2 is 1.62 bits per heavy atom. The van der Waals surface area contributed by atoms with E-state index in [1.807, 2.05) is 20.8 Å². The van der Waals surface area contributed by atoms with Gasteiger partial charge in [0.1, 0.15) is 11.7 Å². The molecule has 152 valence electrons. The van der Waals surface area contributed by atoms with Gasteiger partial charge >= 0.3 is 6.09 Å². The minimum Gasteiger partial charge on any atom is -0.444 e. The predicted molar refractivity (Wildman–Crippen MR) is 107 cm³/mol. The first-order chi connectivity index (χ1) is 11.9. The van der Waals surface area contributed by atoms with Crippen molar-refractivity contribution in [3.8, 4) is 0 Å². The van der Waals surface area contributed by atoms with Crippen LogP contribution < -0.4 is 0 Å². The molecule has 0 spiro atoms. The van der Waals surface area contributed by atoms with Crippen LogP contribution in [-0.2, 0) is 13.9 Å². The van der Waals surface area contributed by atoms with Gasteiger partial charge in [-0.15, -0.1) is 0 Å². The average Bonchev–Trinajstić information content (AvgIpc) is 3.24. The fourth-order valence-electron chi connectivity index (χ4n) is 4.77. The van der Waals surface area contributed by atoms with Gasteiger partial charge in [-0.05, 0) is 37.4 Å². The summed E-state index contributed by atoms with van der Waals surface area (Å²) in [6.07, 6.45) is 0.154. The van der Waals surface area contributed by atoms with Crippen molar-refractivity contribution in [1.29, 1.82) is 0 Å². The Hall–Kier alpha value is -0.593. The zero-order valence-corrected chi connectivity index (χ0v) is 19.2. The molecule has 0 bridgehead atoms. The molecular formula is C20H39NO4Si. The molecule has 0 aliphatic carbocycles. The van der Waals surface area contributed by atoms with Crippen molar-refractivity contribution in [2.24, 2.45) is 5.92 Å². The number of fused-ring (bicyclic) bond motifs is 1. The Morgan fingerprint density at radius 1 is 1.08 bits per heavy atom. The Bertz CT molecular complexity index is 479. The van der Waals surface area contributed by atoms with E-state index in [-0.39, 0.29) is 24.2 Å². The Morgan fingerprint density at radius 3 is 2.08 bits per heavy atom. The number of epoxide rings is 1. The summed E-state index contributed by atoms with van der Waals surface area (Å²) >= 11 is 0. The largest absolute Gasteiger partial charge is 0.444 e. The number of amides is 1. The smallest absolute Gasteiger partial charge is 0.410 e. The molecule has 1 amide bonds. The van der Waals surface area contributed by atoms with Crippen molar-refractivity contribution in [1.82, 2.24) is 4.90 Å². The van der Waals surface area contributed by atoms with Crippen molar-refractivity contribution in [3.63, 3.8) is 0 Å². The first-order valence-electron chi connectivity index (χ1n) is 10.2. The van der Waals surface area contributed by atoms with Gasteiger partial charge < -0.3 is 18.8 Å². The molecule has 3 atom stereocenters. The molecule has 2 saturated heterocycles. The molecule has 2 aliphatic rings. The zero-order valence-electron chi connectivity index (χ0n) is 18.2. The molecule has 0 radical (unpaired) electrons. The van der Waals surface area contributed by atoms with E-state index in [4.69, 9.17) is 13.9 Å². The Labute approximate surface area is 160 Å². The van der Waals surface area contributed by atoms with Crippen molar-refractivity contribution in [3.05, 3.63) is 0 Å². The Kier molecular flexibility index (Phi) is 6.51. The standard InChI is InChI=1S/C20H39NO4Si/c1-13(2)26(14(3)4,15(5)6)23-12-16-10-21(11-17-18(16)24-17)19(22)25-20(7,8)9/h13-18H,10-12H2,1-9H3/t16-,17+,18-/m1/s1. The number of hydrogen-bond donors (Lipinski definition) is 0. The number of piperidine rings is 1. The summed E-state index contributed by atoms with van der Waals surface area (Å²) in [5.74, 6) is 0.240. The van der Waals surface area contributed by atoms with Gasteiger partial charge in [0.15, 0.2) is 8.32 Å². The van der Waals surface area contributed by atoms with Crippen molar-refractivity contribution >= 4 is 14.4 Å². The number of carbonyl (C=O) groups is 1. The quantitative estimate of drug-likeness (QED) is 0.486. The van der Waals surface area contributed by atoms with Crippen LogP contribution in [0.4, 0.5) is 4.79 Å². The van der Waals surface area contributed by atoms with Crippen LogP contribution in [0, 0.1) is 5.92 Å². The molecule has 0 aromatic rings. The van der Waals surface area contributed by atoms with Crippen LogP contribution in [0.25, 0.3) is 0 Å². The molecule has 0 N–H and O–H groups in total. The first kappa shape index (κ1) is 21.7. The highest BCUT2D eigenvalue weighted by Gasteiger charge is 2.53. The van der Waals surface area contributed by atoms with Crippen LogP contribution in [0.2, 0.25) is 16.6 Å². The second-order valence-corrected chi connectivity index (χ2v) is 15.4. The fraction of sp³-hybridized carbons (Fsp3) is 0.950. The number of rotatable bonds is 6. The third kappa shape index (κ3) is 4.63. The van der Waals surface area contributed by atoms with Gasteiger partial charge in [0.05, 0.1) is 12.6 Å². The molecular weight excluding hydrogens is 346 g/mol. The maximum absolute atomic E-state index is 12.5. The van der Waals surface area contributed by atoms with Crippen molar-refractivity contribution < 1.29 is 18.7 Å². The number of likely N-dealkylation sites (tertiary alicyclic amines) is 1. The normalized spacial score (nSPS) is 26.5. The SMILES string of the molecule is CC(C)[Si](OC[C@H]1CN(C(=O)OC(C)(C)C)C[C@@H]2O[C@H]12)(C(C)C)C(C)C. The second kappa shape index (κ2) is 7.80. The second-order valence-electron chi connectivity index (χ2n) is 9.91. The lowest BCUT2D eigenvalue weighted by molar-refractivity contribution is 0.0168. The van der Waals surface area contributed by atoms with E-state index in [0.29, 0.717) is 36.3 Å². The first-order valence-corrected chi connectivity index (χ1v) is 12.3. The summed E-state index contributed by atoms with van der Waals surface area (Å²) in [4.78, 5) is 14.3. The fourth-order valence-corrected chi connectivity index (χ4v) is 10.3. The summed E-state index contributed by atoms with van der Waals surface area (Å²) in [6, 6.07) is 0. The molecule has 2 rings (SSSR count). The van der Waals surface area contributed by atoms with Crippen molar-refractivity contribution in [2.75, 3.05) is 19.7 Å². The van der Waals surface area contributed by atoms with Crippen LogP contribution in [0.5, 0.6) is 0 Å². The van der Waals surface area contributed by atoms with Gasteiger partial charge in [-0.3, -0.25) is 0 Å². The number of ether oxygens (including phenoxy) is 2. The Balaban J connectivity index is 2.03.